The molecule has 3 atom stereocenters. The lowest BCUT2D eigenvalue weighted by Gasteiger charge is -2.54. The number of likely N-dealkylation sites (N-methyl/N-ethyl adjacent to an activating group) is 1. The number of hydrogen-bond donors (Lipinski definition) is 1. The van der Waals surface area contributed by atoms with Crippen LogP contribution in [0.5, 0.6) is 11.5 Å². The molecule has 0 spiro atoms. The van der Waals surface area contributed by atoms with Crippen LogP contribution < -0.4 is 14.8 Å². The monoisotopic (exact) mass is 426 g/mol. The van der Waals surface area contributed by atoms with Crippen LogP contribution >= 0.6 is 0 Å². The lowest BCUT2D eigenvalue weighted by molar-refractivity contribution is -0.196. The molecule has 2 amide bonds. The molecule has 164 valence electrons. The molecule has 2 aliphatic heterocycles. The highest BCUT2D eigenvalue weighted by Crippen LogP contribution is 2.48. The number of amides is 2. The molecule has 0 radical (unpaired) electrons. The van der Waals surface area contributed by atoms with Gasteiger partial charge in [0.25, 0.3) is 0 Å². The summed E-state index contributed by atoms with van der Waals surface area (Å²) in [6, 6.07) is 14.0. The van der Waals surface area contributed by atoms with Crippen molar-refractivity contribution < 1.29 is 28.5 Å². The summed E-state index contributed by atoms with van der Waals surface area (Å²) < 4.78 is 22.9. The van der Waals surface area contributed by atoms with Gasteiger partial charge < -0.3 is 24.3 Å². The number of para-hydroxylation sites is 1. The van der Waals surface area contributed by atoms with Crippen LogP contribution in [0.15, 0.2) is 48.5 Å². The van der Waals surface area contributed by atoms with Crippen LogP contribution in [0.2, 0.25) is 0 Å². The molecule has 0 aromatic heterocycles. The van der Waals surface area contributed by atoms with Crippen molar-refractivity contribution in [3.8, 4) is 11.5 Å². The van der Waals surface area contributed by atoms with Crippen molar-refractivity contribution in [3.63, 3.8) is 0 Å². The van der Waals surface area contributed by atoms with Crippen LogP contribution in [-0.4, -0.2) is 50.0 Å². The molecule has 0 saturated carbocycles. The smallest absolute Gasteiger partial charge is 0.320 e. The van der Waals surface area contributed by atoms with Gasteiger partial charge in [0.1, 0.15) is 24.0 Å². The second-order valence-electron chi connectivity index (χ2n) is 7.54. The Balaban J connectivity index is 1.65. The van der Waals surface area contributed by atoms with Crippen molar-refractivity contribution in [3.05, 3.63) is 59.7 Å². The van der Waals surface area contributed by atoms with E-state index in [0.717, 1.165) is 16.9 Å². The fraction of sp³-hybridized carbons (Fsp3) is 0.391. The first-order chi connectivity index (χ1) is 15.0. The first-order valence-corrected chi connectivity index (χ1v) is 10.2. The number of carbonyl (C=O) groups excluding carboxylic acids is 2. The molecule has 8 heteroatoms. The third kappa shape index (κ3) is 3.67. The summed E-state index contributed by atoms with van der Waals surface area (Å²) in [5, 5.41) is 2.93. The Morgan fingerprint density at radius 3 is 2.65 bits per heavy atom. The van der Waals surface area contributed by atoms with Gasteiger partial charge in [-0.2, -0.15) is 0 Å². The number of carbonyl (C=O) groups is 2. The Hall–Kier alpha value is -3.26. The number of nitrogens with zero attached hydrogens (tertiary/aromatic N) is 1. The number of rotatable bonds is 7. The summed E-state index contributed by atoms with van der Waals surface area (Å²) in [6.07, 6.45) is 0. The Labute approximate surface area is 181 Å². The van der Waals surface area contributed by atoms with E-state index in [2.05, 4.69) is 5.32 Å². The molecular formula is C23H26N2O6. The molecular weight excluding hydrogens is 400 g/mol. The van der Waals surface area contributed by atoms with Crippen molar-refractivity contribution in [2.24, 2.45) is 5.92 Å². The lowest BCUT2D eigenvalue weighted by Crippen LogP contribution is -2.73. The number of nitrogens with one attached hydrogen (secondary N) is 1. The van der Waals surface area contributed by atoms with Crippen molar-refractivity contribution in [1.82, 2.24) is 10.2 Å². The molecule has 0 unspecified atom stereocenters. The highest BCUT2D eigenvalue weighted by molar-refractivity contribution is 5.84. The van der Waals surface area contributed by atoms with E-state index >= 15 is 0 Å². The normalized spacial score (nSPS) is 24.0. The highest BCUT2D eigenvalue weighted by Gasteiger charge is 2.62. The van der Waals surface area contributed by atoms with Crippen LogP contribution in [0, 0.1) is 5.92 Å². The molecule has 2 bridgehead atoms. The Bertz CT molecular complexity index is 963. The zero-order valence-corrected chi connectivity index (χ0v) is 17.8. The molecule has 1 saturated heterocycles. The number of ether oxygens (including phenoxy) is 4. The summed E-state index contributed by atoms with van der Waals surface area (Å²) in [7, 11) is 3.21. The topological polar surface area (TPSA) is 86.3 Å². The number of benzene rings is 2. The van der Waals surface area contributed by atoms with Gasteiger partial charge in [-0.1, -0.05) is 30.3 Å². The predicted molar refractivity (Wildman–Crippen MR) is 112 cm³/mol. The van der Waals surface area contributed by atoms with E-state index in [0.29, 0.717) is 5.75 Å². The fourth-order valence-electron chi connectivity index (χ4n) is 4.17. The average Bonchev–Trinajstić information content (AvgIpc) is 2.78. The molecule has 8 nitrogen and oxygen atoms in total. The molecule has 2 aromatic rings. The second kappa shape index (κ2) is 8.47. The fourth-order valence-corrected chi connectivity index (χ4v) is 4.17. The largest absolute Gasteiger partial charge is 0.497 e. The maximum Gasteiger partial charge on any atom is 0.320 e. The molecule has 2 heterocycles. The quantitative estimate of drug-likeness (QED) is 0.686. The number of fused-ring (bicyclic) bond motifs is 4. The van der Waals surface area contributed by atoms with Crippen LogP contribution in [0.4, 0.5) is 4.79 Å². The van der Waals surface area contributed by atoms with Crippen LogP contribution in [0.1, 0.15) is 24.1 Å². The minimum atomic E-state index is -1.33. The molecule has 1 fully saturated rings. The van der Waals surface area contributed by atoms with E-state index in [1.54, 1.807) is 21.1 Å². The number of urea groups is 1. The Morgan fingerprint density at radius 2 is 1.94 bits per heavy atom. The average molecular weight is 426 g/mol. The molecule has 4 rings (SSSR count). The zero-order valence-electron chi connectivity index (χ0n) is 17.8. The zero-order chi connectivity index (χ0) is 22.0. The summed E-state index contributed by atoms with van der Waals surface area (Å²) in [5.74, 6) is 0.124. The number of methoxy groups -OCH3 is 1. The van der Waals surface area contributed by atoms with E-state index in [4.69, 9.17) is 18.9 Å². The van der Waals surface area contributed by atoms with Gasteiger partial charge in [0.05, 0.1) is 26.4 Å². The van der Waals surface area contributed by atoms with E-state index in [9.17, 15) is 9.59 Å². The van der Waals surface area contributed by atoms with Crippen LogP contribution in [-0.2, 0) is 20.9 Å². The van der Waals surface area contributed by atoms with Gasteiger partial charge in [-0.25, -0.2) is 4.79 Å². The van der Waals surface area contributed by atoms with E-state index in [-0.39, 0.29) is 25.9 Å². The van der Waals surface area contributed by atoms with Crippen LogP contribution in [0.3, 0.4) is 0 Å². The molecule has 0 aliphatic carbocycles. The molecule has 1 N–H and O–H groups in total. The summed E-state index contributed by atoms with van der Waals surface area (Å²) in [4.78, 5) is 27.2. The molecule has 2 aliphatic rings. The van der Waals surface area contributed by atoms with Crippen molar-refractivity contribution >= 4 is 12.0 Å². The molecule has 2 aromatic carbocycles. The van der Waals surface area contributed by atoms with Gasteiger partial charge in [0.2, 0.25) is 5.72 Å². The van der Waals surface area contributed by atoms with Crippen molar-refractivity contribution in [2.75, 3.05) is 27.4 Å². The van der Waals surface area contributed by atoms with Crippen LogP contribution in [0.25, 0.3) is 0 Å². The minimum Gasteiger partial charge on any atom is -0.497 e. The standard InChI is InChI=1S/C23H26N2O6/c1-4-30-21(26)19-20-17-7-5-6-8-18(17)31-23(19,25(2)22(27)24-20)14-29-13-15-9-11-16(28-3)12-10-15/h5-12,19-20H,4,13-14H2,1-3H3,(H,24,27)/t19-,20+,23-/m0/s1. The van der Waals surface area contributed by atoms with Crippen molar-refractivity contribution in [2.45, 2.75) is 25.3 Å². The molecule has 31 heavy (non-hydrogen) atoms. The Kier molecular flexibility index (Phi) is 5.73. The first kappa shape index (κ1) is 21.0. The number of esters is 1. The third-order valence-corrected chi connectivity index (χ3v) is 5.79. The summed E-state index contributed by atoms with van der Waals surface area (Å²) >= 11 is 0. The minimum absolute atomic E-state index is 0.00271. The summed E-state index contributed by atoms with van der Waals surface area (Å²) in [5.41, 5.74) is 0.341. The van der Waals surface area contributed by atoms with Gasteiger partial charge in [-0.05, 0) is 30.7 Å². The highest BCUT2D eigenvalue weighted by atomic mass is 16.6. The van der Waals surface area contributed by atoms with E-state index in [1.165, 1.54) is 4.90 Å². The first-order valence-electron chi connectivity index (χ1n) is 10.2. The van der Waals surface area contributed by atoms with Gasteiger partial charge >= 0.3 is 12.0 Å². The van der Waals surface area contributed by atoms with E-state index < -0.39 is 23.7 Å². The maximum atomic E-state index is 13.0. The summed E-state index contributed by atoms with van der Waals surface area (Å²) in [6.45, 7) is 2.26. The maximum absolute atomic E-state index is 13.0. The lowest BCUT2D eigenvalue weighted by atomic mass is 9.79. The van der Waals surface area contributed by atoms with Gasteiger partial charge in [-0.3, -0.25) is 9.69 Å². The Morgan fingerprint density at radius 1 is 1.19 bits per heavy atom. The SMILES string of the molecule is CCOC(=O)[C@@H]1[C@@H]2NC(=O)N(C)[C@@]1(COCc1ccc(OC)cc1)Oc1ccccc12. The number of hydrogen-bond acceptors (Lipinski definition) is 6. The van der Waals surface area contributed by atoms with Crippen molar-refractivity contribution in [1.29, 1.82) is 0 Å². The second-order valence-corrected chi connectivity index (χ2v) is 7.54. The van der Waals surface area contributed by atoms with Gasteiger partial charge in [0, 0.05) is 12.6 Å². The third-order valence-electron chi connectivity index (χ3n) is 5.79. The predicted octanol–water partition coefficient (Wildman–Crippen LogP) is 2.88. The van der Waals surface area contributed by atoms with Gasteiger partial charge in [-0.15, -0.1) is 0 Å². The van der Waals surface area contributed by atoms with Gasteiger partial charge in [0.15, 0.2) is 0 Å². The van der Waals surface area contributed by atoms with E-state index in [1.807, 2.05) is 48.5 Å².